The van der Waals surface area contributed by atoms with Crippen LogP contribution in [0.15, 0.2) is 12.2 Å². The summed E-state index contributed by atoms with van der Waals surface area (Å²) in [6, 6.07) is 0. The minimum atomic E-state index is -0.106. The van der Waals surface area contributed by atoms with Crippen molar-refractivity contribution in [1.29, 1.82) is 0 Å². The van der Waals surface area contributed by atoms with Gasteiger partial charge in [-0.2, -0.15) is 0 Å². The summed E-state index contributed by atoms with van der Waals surface area (Å²) in [5, 5.41) is 0. The lowest BCUT2D eigenvalue weighted by Gasteiger charge is -2.30. The zero-order valence-corrected chi connectivity index (χ0v) is 8.48. The number of fused-ring (bicyclic) bond motifs is 5. The average Bonchev–Trinajstić information content (AvgIpc) is 2.68. The van der Waals surface area contributed by atoms with Crippen molar-refractivity contribution in [2.75, 3.05) is 0 Å². The van der Waals surface area contributed by atoms with Crippen LogP contribution in [0.2, 0.25) is 0 Å². The van der Waals surface area contributed by atoms with Crippen LogP contribution < -0.4 is 0 Å². The lowest BCUT2D eigenvalue weighted by molar-refractivity contribution is -0.150. The van der Waals surface area contributed by atoms with Crippen LogP contribution in [0.3, 0.4) is 0 Å². The largest absolute Gasteiger partial charge is 0.462 e. The van der Waals surface area contributed by atoms with Crippen molar-refractivity contribution in [1.82, 2.24) is 0 Å². The van der Waals surface area contributed by atoms with Gasteiger partial charge in [0, 0.05) is 6.92 Å². The van der Waals surface area contributed by atoms with Gasteiger partial charge in [-0.3, -0.25) is 4.79 Å². The Kier molecular flexibility index (Phi) is 1.73. The molecule has 0 N–H and O–H groups in total. The van der Waals surface area contributed by atoms with Crippen LogP contribution in [0.5, 0.6) is 0 Å². The first-order chi connectivity index (χ1) is 6.75. The number of carbonyl (C=O) groups excluding carboxylic acids is 1. The third kappa shape index (κ3) is 1.06. The summed E-state index contributed by atoms with van der Waals surface area (Å²) in [6.45, 7) is 1.52. The molecule has 5 atom stereocenters. The van der Waals surface area contributed by atoms with Gasteiger partial charge in [0.25, 0.3) is 0 Å². The molecule has 0 aromatic heterocycles. The summed E-state index contributed by atoms with van der Waals surface area (Å²) in [5.41, 5.74) is 0. The first-order valence-electron chi connectivity index (χ1n) is 5.59. The fraction of sp³-hybridized carbons (Fsp3) is 0.750. The molecule has 2 fully saturated rings. The van der Waals surface area contributed by atoms with E-state index in [0.29, 0.717) is 5.92 Å². The molecule has 76 valence electrons. The maximum absolute atomic E-state index is 10.9. The van der Waals surface area contributed by atoms with E-state index in [1.165, 1.54) is 19.8 Å². The van der Waals surface area contributed by atoms with Crippen LogP contribution in [0.1, 0.15) is 26.2 Å². The second kappa shape index (κ2) is 2.85. The highest BCUT2D eigenvalue weighted by Crippen LogP contribution is 2.57. The molecule has 0 saturated heterocycles. The molecule has 2 bridgehead atoms. The van der Waals surface area contributed by atoms with Crippen molar-refractivity contribution in [2.45, 2.75) is 32.3 Å². The second-order valence-corrected chi connectivity index (χ2v) is 4.95. The van der Waals surface area contributed by atoms with E-state index in [-0.39, 0.29) is 12.1 Å². The van der Waals surface area contributed by atoms with E-state index in [2.05, 4.69) is 12.2 Å². The van der Waals surface area contributed by atoms with Crippen LogP contribution >= 0.6 is 0 Å². The number of hydrogen-bond acceptors (Lipinski definition) is 2. The van der Waals surface area contributed by atoms with Crippen molar-refractivity contribution in [2.24, 2.45) is 23.7 Å². The van der Waals surface area contributed by atoms with Crippen molar-refractivity contribution in [3.8, 4) is 0 Å². The summed E-state index contributed by atoms with van der Waals surface area (Å²) in [7, 11) is 0. The van der Waals surface area contributed by atoms with E-state index in [0.717, 1.165) is 24.2 Å². The Morgan fingerprint density at radius 1 is 1.36 bits per heavy atom. The van der Waals surface area contributed by atoms with Gasteiger partial charge in [0.15, 0.2) is 0 Å². The highest BCUT2D eigenvalue weighted by Gasteiger charge is 2.53. The van der Waals surface area contributed by atoms with Gasteiger partial charge < -0.3 is 4.74 Å². The summed E-state index contributed by atoms with van der Waals surface area (Å²) in [5.74, 6) is 2.95. The minimum absolute atomic E-state index is 0.106. The van der Waals surface area contributed by atoms with Gasteiger partial charge in [-0.05, 0) is 42.9 Å². The second-order valence-electron chi connectivity index (χ2n) is 4.95. The minimum Gasteiger partial charge on any atom is -0.462 e. The third-order valence-corrected chi connectivity index (χ3v) is 4.26. The monoisotopic (exact) mass is 192 g/mol. The Morgan fingerprint density at radius 3 is 3.00 bits per heavy atom. The van der Waals surface area contributed by atoms with Gasteiger partial charge in [-0.1, -0.05) is 12.2 Å². The predicted octanol–water partition coefficient (Wildman–Crippen LogP) is 2.15. The Hall–Kier alpha value is -0.790. The Balaban J connectivity index is 1.75. The fourth-order valence-electron chi connectivity index (χ4n) is 3.84. The van der Waals surface area contributed by atoms with Crippen molar-refractivity contribution in [3.63, 3.8) is 0 Å². The molecule has 0 radical (unpaired) electrons. The Morgan fingerprint density at radius 2 is 2.21 bits per heavy atom. The van der Waals surface area contributed by atoms with Crippen LogP contribution in [-0.4, -0.2) is 12.1 Å². The predicted molar refractivity (Wildman–Crippen MR) is 52.5 cm³/mol. The Bertz CT molecular complexity index is 295. The molecule has 0 heterocycles. The molecule has 14 heavy (non-hydrogen) atoms. The van der Waals surface area contributed by atoms with Crippen LogP contribution in [0.4, 0.5) is 0 Å². The van der Waals surface area contributed by atoms with E-state index in [9.17, 15) is 4.79 Å². The first kappa shape index (κ1) is 8.51. The molecule has 0 unspecified atom stereocenters. The number of allylic oxidation sites excluding steroid dienone is 2. The maximum atomic E-state index is 10.9. The number of ether oxygens (including phenoxy) is 1. The lowest BCUT2D eigenvalue weighted by Crippen LogP contribution is -2.31. The normalized spacial score (nSPS) is 48.2. The average molecular weight is 192 g/mol. The molecule has 2 nitrogen and oxygen atoms in total. The molecule has 0 spiro atoms. The van der Waals surface area contributed by atoms with Gasteiger partial charge in [-0.25, -0.2) is 0 Å². The standard InChI is InChI=1S/C12H16O2/c1-7(13)14-12-6-8-5-11(12)10-4-2-3-9(8)10/h2-3,8-12H,4-6H2,1H3/t8-,9+,10+,11-,12+/m1/s1. The molecule has 0 aliphatic heterocycles. The van der Waals surface area contributed by atoms with Crippen LogP contribution in [0, 0.1) is 23.7 Å². The summed E-state index contributed by atoms with van der Waals surface area (Å²) in [4.78, 5) is 10.9. The third-order valence-electron chi connectivity index (χ3n) is 4.26. The zero-order valence-electron chi connectivity index (χ0n) is 8.48. The van der Waals surface area contributed by atoms with Gasteiger partial charge in [0.05, 0.1) is 0 Å². The molecule has 2 saturated carbocycles. The van der Waals surface area contributed by atoms with E-state index in [1.807, 2.05) is 0 Å². The zero-order chi connectivity index (χ0) is 9.71. The lowest BCUT2D eigenvalue weighted by atomic mass is 9.80. The van der Waals surface area contributed by atoms with Gasteiger partial charge >= 0.3 is 5.97 Å². The maximum Gasteiger partial charge on any atom is 0.302 e. The smallest absolute Gasteiger partial charge is 0.302 e. The fourth-order valence-corrected chi connectivity index (χ4v) is 3.84. The Labute approximate surface area is 84.3 Å². The van der Waals surface area contributed by atoms with Crippen molar-refractivity contribution >= 4 is 5.97 Å². The first-order valence-corrected chi connectivity index (χ1v) is 5.59. The van der Waals surface area contributed by atoms with Crippen molar-refractivity contribution in [3.05, 3.63) is 12.2 Å². The molecule has 0 aromatic carbocycles. The number of hydrogen-bond donors (Lipinski definition) is 0. The number of esters is 1. The van der Waals surface area contributed by atoms with E-state index in [1.54, 1.807) is 0 Å². The van der Waals surface area contributed by atoms with E-state index < -0.39 is 0 Å². The molecule has 0 aromatic rings. The van der Waals surface area contributed by atoms with E-state index in [4.69, 9.17) is 4.74 Å². The summed E-state index contributed by atoms with van der Waals surface area (Å²) in [6.07, 6.45) is 8.54. The van der Waals surface area contributed by atoms with Crippen LogP contribution in [-0.2, 0) is 9.53 Å². The van der Waals surface area contributed by atoms with Gasteiger partial charge in [-0.15, -0.1) is 0 Å². The van der Waals surface area contributed by atoms with E-state index >= 15 is 0 Å². The molecule has 3 rings (SSSR count). The highest BCUT2D eigenvalue weighted by atomic mass is 16.5. The molecule has 3 aliphatic carbocycles. The van der Waals surface area contributed by atoms with Gasteiger partial charge in [0.2, 0.25) is 0 Å². The highest BCUT2D eigenvalue weighted by molar-refractivity contribution is 5.66. The van der Waals surface area contributed by atoms with Crippen molar-refractivity contribution < 1.29 is 9.53 Å². The molecular weight excluding hydrogens is 176 g/mol. The number of carbonyl (C=O) groups is 1. The summed E-state index contributed by atoms with van der Waals surface area (Å²) >= 11 is 0. The molecule has 0 amide bonds. The quantitative estimate of drug-likeness (QED) is 0.470. The molecule has 2 heteroatoms. The SMILES string of the molecule is CC(=O)O[C@H]1C[C@H]2C[C@@H]1[C@H]1CC=C[C@@H]21. The molecular formula is C12H16O2. The topological polar surface area (TPSA) is 26.3 Å². The molecule has 3 aliphatic rings. The van der Waals surface area contributed by atoms with Gasteiger partial charge in [0.1, 0.15) is 6.10 Å². The summed E-state index contributed by atoms with van der Waals surface area (Å²) < 4.78 is 5.39. The number of rotatable bonds is 1. The van der Waals surface area contributed by atoms with Crippen LogP contribution in [0.25, 0.3) is 0 Å².